The Morgan fingerprint density at radius 3 is 2.30 bits per heavy atom. The predicted molar refractivity (Wildman–Crippen MR) is 122 cm³/mol. The van der Waals surface area contributed by atoms with Gasteiger partial charge in [-0.1, -0.05) is 24.6 Å². The lowest BCUT2D eigenvalue weighted by atomic mass is 9.60. The summed E-state index contributed by atoms with van der Waals surface area (Å²) in [7, 11) is 0. The molecule has 0 radical (unpaired) electrons. The first kappa shape index (κ1) is 21.6. The van der Waals surface area contributed by atoms with E-state index in [-0.39, 0.29) is 11.4 Å². The number of allylic oxidation sites excluding steroid dienone is 2. The quantitative estimate of drug-likeness (QED) is 0.452. The molecule has 2 heteroatoms. The molecule has 1 aromatic rings. The van der Waals surface area contributed by atoms with E-state index in [2.05, 4.69) is 19.1 Å². The first-order valence-electron chi connectivity index (χ1n) is 12.5. The van der Waals surface area contributed by atoms with Crippen molar-refractivity contribution in [2.24, 2.45) is 29.6 Å². The van der Waals surface area contributed by atoms with Crippen molar-refractivity contribution in [1.82, 2.24) is 0 Å². The van der Waals surface area contributed by atoms with Crippen LogP contribution in [-0.2, 0) is 0 Å². The van der Waals surface area contributed by atoms with Crippen LogP contribution in [0.4, 0.5) is 4.39 Å². The number of halogens is 1. The Kier molecular flexibility index (Phi) is 7.29. The molecule has 0 aromatic heterocycles. The largest absolute Gasteiger partial charge is 0.206 e. The van der Waals surface area contributed by atoms with Crippen LogP contribution in [0.3, 0.4) is 0 Å². The Labute approximate surface area is 182 Å². The SMILES string of the molecule is C/C=C/CCC1CCC2CC(C3CCC(c4ccc(C#N)c(F)c4)CC3)CCC2C1. The Morgan fingerprint density at radius 2 is 1.60 bits per heavy atom. The minimum Gasteiger partial charge on any atom is -0.206 e. The van der Waals surface area contributed by atoms with Crippen molar-refractivity contribution in [3.05, 3.63) is 47.3 Å². The van der Waals surface area contributed by atoms with Crippen molar-refractivity contribution < 1.29 is 4.39 Å². The molecular weight excluding hydrogens is 369 g/mol. The highest BCUT2D eigenvalue weighted by atomic mass is 19.1. The fourth-order valence-corrected chi connectivity index (χ4v) is 7.01. The van der Waals surface area contributed by atoms with E-state index in [4.69, 9.17) is 5.26 Å². The first-order chi connectivity index (χ1) is 14.7. The number of rotatable bonds is 5. The molecule has 0 N–H and O–H groups in total. The topological polar surface area (TPSA) is 23.8 Å². The molecule has 0 spiro atoms. The molecule has 0 bridgehead atoms. The van der Waals surface area contributed by atoms with Crippen molar-refractivity contribution in [2.75, 3.05) is 0 Å². The van der Waals surface area contributed by atoms with Gasteiger partial charge in [0.15, 0.2) is 0 Å². The standard InChI is InChI=1S/C28H38FN/c1-2-3-4-5-20-6-7-25-17-24(13-12-23(25)16-20)21-8-10-22(11-9-21)26-14-15-27(19-30)28(29)18-26/h2-3,14-15,18,20-25H,4-13,16-17H2,1H3/b3-2+. The third kappa shape index (κ3) is 4.99. The summed E-state index contributed by atoms with van der Waals surface area (Å²) in [5.74, 6) is 4.92. The fraction of sp³-hybridized carbons (Fsp3) is 0.679. The van der Waals surface area contributed by atoms with Gasteiger partial charge in [0, 0.05) is 0 Å². The van der Waals surface area contributed by atoms with Gasteiger partial charge in [0.1, 0.15) is 11.9 Å². The van der Waals surface area contributed by atoms with Crippen LogP contribution in [-0.4, -0.2) is 0 Å². The van der Waals surface area contributed by atoms with E-state index < -0.39 is 0 Å². The van der Waals surface area contributed by atoms with Gasteiger partial charge in [-0.15, -0.1) is 0 Å². The fourth-order valence-electron chi connectivity index (χ4n) is 7.01. The van der Waals surface area contributed by atoms with Gasteiger partial charge < -0.3 is 0 Å². The summed E-state index contributed by atoms with van der Waals surface area (Å²) in [6.07, 6.45) is 21.0. The Morgan fingerprint density at radius 1 is 0.933 bits per heavy atom. The van der Waals surface area contributed by atoms with Crippen LogP contribution < -0.4 is 0 Å². The van der Waals surface area contributed by atoms with Crippen LogP contribution in [0.1, 0.15) is 101 Å². The molecule has 4 unspecified atom stereocenters. The second-order valence-corrected chi connectivity index (χ2v) is 10.4. The summed E-state index contributed by atoms with van der Waals surface area (Å²) >= 11 is 0. The van der Waals surface area contributed by atoms with E-state index in [1.165, 1.54) is 77.0 Å². The summed E-state index contributed by atoms with van der Waals surface area (Å²) in [4.78, 5) is 0. The molecule has 3 aliphatic rings. The molecule has 162 valence electrons. The van der Waals surface area contributed by atoms with Crippen molar-refractivity contribution in [3.8, 4) is 6.07 Å². The zero-order valence-electron chi connectivity index (χ0n) is 18.7. The third-order valence-electron chi connectivity index (χ3n) is 8.76. The molecule has 4 rings (SSSR count). The van der Waals surface area contributed by atoms with Crippen LogP contribution >= 0.6 is 0 Å². The lowest BCUT2D eigenvalue weighted by molar-refractivity contribution is 0.0621. The molecule has 0 saturated heterocycles. The lowest BCUT2D eigenvalue weighted by Gasteiger charge is -2.45. The summed E-state index contributed by atoms with van der Waals surface area (Å²) < 4.78 is 14.0. The van der Waals surface area contributed by atoms with Crippen molar-refractivity contribution >= 4 is 0 Å². The molecule has 3 fully saturated rings. The van der Waals surface area contributed by atoms with Gasteiger partial charge in [-0.05, 0) is 131 Å². The van der Waals surface area contributed by atoms with E-state index in [0.29, 0.717) is 5.92 Å². The number of hydrogen-bond donors (Lipinski definition) is 0. The predicted octanol–water partition coefficient (Wildman–Crippen LogP) is 8.16. The monoisotopic (exact) mass is 407 g/mol. The maximum atomic E-state index is 14.0. The second kappa shape index (κ2) is 10.1. The van der Waals surface area contributed by atoms with Gasteiger partial charge in [0.2, 0.25) is 0 Å². The van der Waals surface area contributed by atoms with Crippen molar-refractivity contribution in [1.29, 1.82) is 5.26 Å². The molecule has 1 nitrogen and oxygen atoms in total. The second-order valence-electron chi connectivity index (χ2n) is 10.4. The molecule has 4 atom stereocenters. The zero-order chi connectivity index (χ0) is 20.9. The lowest BCUT2D eigenvalue weighted by Crippen LogP contribution is -2.34. The number of fused-ring (bicyclic) bond motifs is 1. The highest BCUT2D eigenvalue weighted by Crippen LogP contribution is 2.50. The van der Waals surface area contributed by atoms with Crippen LogP contribution in [0.5, 0.6) is 0 Å². The normalized spacial score (nSPS) is 34.4. The Balaban J connectivity index is 1.26. The molecule has 0 aliphatic heterocycles. The van der Waals surface area contributed by atoms with E-state index in [1.54, 1.807) is 12.1 Å². The highest BCUT2D eigenvalue weighted by Gasteiger charge is 2.38. The average Bonchev–Trinajstić information content (AvgIpc) is 2.79. The maximum Gasteiger partial charge on any atom is 0.141 e. The smallest absolute Gasteiger partial charge is 0.141 e. The first-order valence-corrected chi connectivity index (χ1v) is 12.5. The van der Waals surface area contributed by atoms with Crippen LogP contribution in [0.15, 0.2) is 30.4 Å². The highest BCUT2D eigenvalue weighted by molar-refractivity contribution is 5.34. The van der Waals surface area contributed by atoms with Gasteiger partial charge in [0.05, 0.1) is 5.56 Å². The summed E-state index contributed by atoms with van der Waals surface area (Å²) in [6, 6.07) is 7.19. The van der Waals surface area contributed by atoms with Crippen LogP contribution in [0.25, 0.3) is 0 Å². The summed E-state index contributed by atoms with van der Waals surface area (Å²) in [5, 5.41) is 8.95. The van der Waals surface area contributed by atoms with Gasteiger partial charge in [-0.2, -0.15) is 5.26 Å². The number of hydrogen-bond acceptors (Lipinski definition) is 1. The Bertz CT molecular complexity index is 767. The van der Waals surface area contributed by atoms with Crippen molar-refractivity contribution in [2.45, 2.75) is 89.9 Å². The molecular formula is C28H38FN. The van der Waals surface area contributed by atoms with E-state index in [0.717, 1.165) is 35.2 Å². The number of nitriles is 1. The summed E-state index contributed by atoms with van der Waals surface area (Å²) in [6.45, 7) is 2.13. The van der Waals surface area contributed by atoms with Gasteiger partial charge >= 0.3 is 0 Å². The van der Waals surface area contributed by atoms with Crippen LogP contribution in [0, 0.1) is 46.7 Å². The molecule has 3 saturated carbocycles. The molecule has 1 aromatic carbocycles. The van der Waals surface area contributed by atoms with E-state index in [9.17, 15) is 4.39 Å². The number of nitrogens with zero attached hydrogens (tertiary/aromatic N) is 1. The molecule has 30 heavy (non-hydrogen) atoms. The van der Waals surface area contributed by atoms with E-state index in [1.807, 2.05) is 12.1 Å². The Hall–Kier alpha value is -1.62. The number of benzene rings is 1. The molecule has 0 amide bonds. The van der Waals surface area contributed by atoms with Crippen molar-refractivity contribution in [3.63, 3.8) is 0 Å². The van der Waals surface area contributed by atoms with E-state index >= 15 is 0 Å². The maximum absolute atomic E-state index is 14.0. The third-order valence-corrected chi connectivity index (χ3v) is 8.76. The summed E-state index contributed by atoms with van der Waals surface area (Å²) in [5.41, 5.74) is 1.27. The molecule has 0 heterocycles. The van der Waals surface area contributed by atoms with Gasteiger partial charge in [0.25, 0.3) is 0 Å². The minimum absolute atomic E-state index is 0.167. The van der Waals surface area contributed by atoms with Gasteiger partial charge in [-0.3, -0.25) is 0 Å². The van der Waals surface area contributed by atoms with Gasteiger partial charge in [-0.25, -0.2) is 4.39 Å². The molecule has 3 aliphatic carbocycles. The minimum atomic E-state index is -0.350. The average molecular weight is 408 g/mol. The zero-order valence-corrected chi connectivity index (χ0v) is 18.7. The van der Waals surface area contributed by atoms with Crippen LogP contribution in [0.2, 0.25) is 0 Å².